The van der Waals surface area contributed by atoms with Crippen molar-refractivity contribution in [1.29, 1.82) is 0 Å². The van der Waals surface area contributed by atoms with Crippen LogP contribution < -0.4 is 5.32 Å². The van der Waals surface area contributed by atoms with Gasteiger partial charge in [-0.15, -0.1) is 0 Å². The number of likely N-dealkylation sites (tertiary alicyclic amines) is 1. The Morgan fingerprint density at radius 1 is 1.30 bits per heavy atom. The summed E-state index contributed by atoms with van der Waals surface area (Å²) in [5.74, 6) is 0. The summed E-state index contributed by atoms with van der Waals surface area (Å²) in [6.07, 6.45) is 3.91. The maximum absolute atomic E-state index is 3.23. The second-order valence-electron chi connectivity index (χ2n) is 5.95. The van der Waals surface area contributed by atoms with Gasteiger partial charge in [0.05, 0.1) is 0 Å². The van der Waals surface area contributed by atoms with E-state index < -0.39 is 0 Å². The molecule has 112 valence electrons. The molecule has 1 aliphatic heterocycles. The van der Waals surface area contributed by atoms with E-state index in [0.717, 1.165) is 19.1 Å². The predicted molar refractivity (Wildman–Crippen MR) is 85.9 cm³/mol. The number of likely N-dealkylation sites (N-methyl/N-ethyl adjacent to an activating group) is 1. The fraction of sp³-hybridized carbons (Fsp3) is 0.647. The Balaban J connectivity index is 1.79. The summed E-state index contributed by atoms with van der Waals surface area (Å²) in [5.41, 5.74) is 1.44. The molecule has 0 spiro atoms. The first-order chi connectivity index (χ1) is 9.79. The summed E-state index contributed by atoms with van der Waals surface area (Å²) >= 11 is 0. The topological polar surface area (TPSA) is 18.5 Å². The Morgan fingerprint density at radius 2 is 2.10 bits per heavy atom. The van der Waals surface area contributed by atoms with E-state index in [1.807, 2.05) is 7.05 Å². The number of benzene rings is 1. The molecule has 1 unspecified atom stereocenters. The molecule has 1 atom stereocenters. The van der Waals surface area contributed by atoms with Crippen LogP contribution in [0, 0.1) is 0 Å². The molecule has 1 heterocycles. The smallest absolute Gasteiger partial charge is 0.0234 e. The van der Waals surface area contributed by atoms with Gasteiger partial charge in [0.25, 0.3) is 0 Å². The van der Waals surface area contributed by atoms with Crippen molar-refractivity contribution >= 4 is 0 Å². The molecule has 1 aliphatic rings. The van der Waals surface area contributed by atoms with Crippen molar-refractivity contribution in [3.05, 3.63) is 35.9 Å². The SMILES string of the molecule is CNCCCN(C)C1CCCN(Cc2ccccc2)C1. The van der Waals surface area contributed by atoms with Crippen LogP contribution in [0.15, 0.2) is 30.3 Å². The molecule has 0 aliphatic carbocycles. The Kier molecular flexibility index (Phi) is 6.51. The van der Waals surface area contributed by atoms with Crippen LogP contribution >= 0.6 is 0 Å². The first-order valence-electron chi connectivity index (χ1n) is 7.90. The standard InChI is InChI=1S/C17H29N3/c1-18-11-7-12-19(2)17-10-6-13-20(15-17)14-16-8-4-3-5-9-16/h3-5,8-9,17-18H,6-7,10-15H2,1-2H3. The van der Waals surface area contributed by atoms with Crippen molar-refractivity contribution < 1.29 is 0 Å². The second kappa shape index (κ2) is 8.40. The molecule has 3 nitrogen and oxygen atoms in total. The van der Waals surface area contributed by atoms with Gasteiger partial charge >= 0.3 is 0 Å². The van der Waals surface area contributed by atoms with Gasteiger partial charge in [0.15, 0.2) is 0 Å². The molecule has 1 saturated heterocycles. The zero-order valence-corrected chi connectivity index (χ0v) is 13.0. The summed E-state index contributed by atoms with van der Waals surface area (Å²) in [6, 6.07) is 11.6. The summed E-state index contributed by atoms with van der Waals surface area (Å²) in [5, 5.41) is 3.23. The number of hydrogen-bond acceptors (Lipinski definition) is 3. The van der Waals surface area contributed by atoms with Crippen LogP contribution in [-0.2, 0) is 6.54 Å². The predicted octanol–water partition coefficient (Wildman–Crippen LogP) is 2.19. The zero-order valence-electron chi connectivity index (χ0n) is 13.0. The van der Waals surface area contributed by atoms with Crippen LogP contribution in [0.3, 0.4) is 0 Å². The maximum atomic E-state index is 3.23. The molecular formula is C17H29N3. The van der Waals surface area contributed by atoms with Gasteiger partial charge in [0.2, 0.25) is 0 Å². The highest BCUT2D eigenvalue weighted by Gasteiger charge is 2.22. The molecule has 1 aromatic rings. The molecule has 2 rings (SSSR count). The summed E-state index contributed by atoms with van der Waals surface area (Å²) in [4.78, 5) is 5.16. The third-order valence-corrected chi connectivity index (χ3v) is 4.29. The lowest BCUT2D eigenvalue weighted by Crippen LogP contribution is -2.46. The lowest BCUT2D eigenvalue weighted by molar-refractivity contribution is 0.111. The molecular weight excluding hydrogens is 246 g/mol. The van der Waals surface area contributed by atoms with Crippen molar-refractivity contribution in [1.82, 2.24) is 15.1 Å². The molecule has 0 aromatic heterocycles. The van der Waals surface area contributed by atoms with Crippen molar-refractivity contribution in [2.75, 3.05) is 40.3 Å². The van der Waals surface area contributed by atoms with Crippen molar-refractivity contribution in [3.8, 4) is 0 Å². The van der Waals surface area contributed by atoms with Gasteiger partial charge in [-0.2, -0.15) is 0 Å². The Bertz CT molecular complexity index is 366. The monoisotopic (exact) mass is 275 g/mol. The third kappa shape index (κ3) is 4.89. The van der Waals surface area contributed by atoms with Gasteiger partial charge in [0.1, 0.15) is 0 Å². The van der Waals surface area contributed by atoms with E-state index in [2.05, 4.69) is 52.5 Å². The molecule has 0 saturated carbocycles. The van der Waals surface area contributed by atoms with Crippen LogP contribution in [0.1, 0.15) is 24.8 Å². The molecule has 1 aromatic carbocycles. The fourth-order valence-electron chi connectivity index (χ4n) is 3.06. The average Bonchev–Trinajstić information content (AvgIpc) is 2.49. The Labute approximate surface area is 124 Å². The van der Waals surface area contributed by atoms with Crippen molar-refractivity contribution in [2.45, 2.75) is 31.8 Å². The fourth-order valence-corrected chi connectivity index (χ4v) is 3.06. The van der Waals surface area contributed by atoms with Gasteiger partial charge in [-0.05, 0) is 58.6 Å². The number of rotatable bonds is 7. The molecule has 1 N–H and O–H groups in total. The van der Waals surface area contributed by atoms with Crippen LogP contribution in [0.25, 0.3) is 0 Å². The van der Waals surface area contributed by atoms with Gasteiger partial charge in [-0.1, -0.05) is 30.3 Å². The molecule has 0 bridgehead atoms. The van der Waals surface area contributed by atoms with Gasteiger partial charge < -0.3 is 10.2 Å². The first kappa shape index (κ1) is 15.5. The second-order valence-corrected chi connectivity index (χ2v) is 5.95. The first-order valence-corrected chi connectivity index (χ1v) is 7.90. The number of hydrogen-bond donors (Lipinski definition) is 1. The maximum Gasteiger partial charge on any atom is 0.0234 e. The van der Waals surface area contributed by atoms with Crippen LogP contribution in [0.2, 0.25) is 0 Å². The molecule has 3 heteroatoms. The number of nitrogens with zero attached hydrogens (tertiary/aromatic N) is 2. The Morgan fingerprint density at radius 3 is 2.85 bits per heavy atom. The number of piperidine rings is 1. The van der Waals surface area contributed by atoms with E-state index in [4.69, 9.17) is 0 Å². The van der Waals surface area contributed by atoms with E-state index in [-0.39, 0.29) is 0 Å². The molecule has 20 heavy (non-hydrogen) atoms. The number of nitrogens with one attached hydrogen (secondary N) is 1. The van der Waals surface area contributed by atoms with Gasteiger partial charge in [0, 0.05) is 19.1 Å². The van der Waals surface area contributed by atoms with Crippen molar-refractivity contribution in [2.24, 2.45) is 0 Å². The van der Waals surface area contributed by atoms with Crippen LogP contribution in [0.4, 0.5) is 0 Å². The molecule has 0 radical (unpaired) electrons. The zero-order chi connectivity index (χ0) is 14.2. The van der Waals surface area contributed by atoms with E-state index in [0.29, 0.717) is 0 Å². The highest BCUT2D eigenvalue weighted by Crippen LogP contribution is 2.17. The average molecular weight is 275 g/mol. The highest BCUT2D eigenvalue weighted by molar-refractivity contribution is 5.14. The van der Waals surface area contributed by atoms with E-state index in [1.54, 1.807) is 0 Å². The summed E-state index contributed by atoms with van der Waals surface area (Å²) in [6.45, 7) is 5.87. The van der Waals surface area contributed by atoms with E-state index in [1.165, 1.54) is 44.5 Å². The highest BCUT2D eigenvalue weighted by atomic mass is 15.2. The van der Waals surface area contributed by atoms with Crippen LogP contribution in [0.5, 0.6) is 0 Å². The summed E-state index contributed by atoms with van der Waals surface area (Å²) < 4.78 is 0. The quantitative estimate of drug-likeness (QED) is 0.770. The summed E-state index contributed by atoms with van der Waals surface area (Å²) in [7, 11) is 4.31. The largest absolute Gasteiger partial charge is 0.320 e. The molecule has 1 fully saturated rings. The van der Waals surface area contributed by atoms with Crippen LogP contribution in [-0.4, -0.2) is 56.1 Å². The third-order valence-electron chi connectivity index (χ3n) is 4.29. The van der Waals surface area contributed by atoms with E-state index >= 15 is 0 Å². The minimum Gasteiger partial charge on any atom is -0.320 e. The molecule has 0 amide bonds. The Hall–Kier alpha value is -0.900. The normalized spacial score (nSPS) is 20.4. The minimum absolute atomic E-state index is 0.726. The van der Waals surface area contributed by atoms with Gasteiger partial charge in [-0.25, -0.2) is 0 Å². The lowest BCUT2D eigenvalue weighted by Gasteiger charge is -2.37. The van der Waals surface area contributed by atoms with Crippen molar-refractivity contribution in [3.63, 3.8) is 0 Å². The lowest BCUT2D eigenvalue weighted by atomic mass is 10.0. The van der Waals surface area contributed by atoms with E-state index in [9.17, 15) is 0 Å². The minimum atomic E-state index is 0.726. The van der Waals surface area contributed by atoms with Gasteiger partial charge in [-0.3, -0.25) is 4.90 Å².